The van der Waals surface area contributed by atoms with Gasteiger partial charge in [-0.2, -0.15) is 0 Å². The van der Waals surface area contributed by atoms with Crippen molar-refractivity contribution in [1.29, 1.82) is 0 Å². The van der Waals surface area contributed by atoms with Gasteiger partial charge in [0.15, 0.2) is 5.96 Å². The zero-order valence-corrected chi connectivity index (χ0v) is 12.7. The van der Waals surface area contributed by atoms with Gasteiger partial charge in [0.05, 0.1) is 6.61 Å². The molecular formula is C13H26N4O3. The molecule has 7 heteroatoms. The third kappa shape index (κ3) is 5.24. The van der Waals surface area contributed by atoms with Crippen molar-refractivity contribution in [2.75, 3.05) is 60.1 Å². The number of rotatable bonds is 5. The Bertz CT molecular complexity index is 315. The number of hydrogen-bond donors (Lipinski definition) is 1. The molecule has 1 heterocycles. The summed E-state index contributed by atoms with van der Waals surface area (Å²) in [5, 5.41) is 3.30. The summed E-state index contributed by atoms with van der Waals surface area (Å²) < 4.78 is 10.0. The van der Waals surface area contributed by atoms with Gasteiger partial charge in [-0.05, 0) is 13.3 Å². The number of aliphatic imine (C=N–C) groups is 1. The minimum absolute atomic E-state index is 0.227. The number of ether oxygens (including phenoxy) is 2. The number of nitrogens with one attached hydrogen (secondary N) is 1. The summed E-state index contributed by atoms with van der Waals surface area (Å²) in [7, 11) is 3.47. The van der Waals surface area contributed by atoms with Crippen LogP contribution in [0.1, 0.15) is 13.3 Å². The van der Waals surface area contributed by atoms with E-state index in [0.717, 1.165) is 38.6 Å². The predicted octanol–water partition coefficient (Wildman–Crippen LogP) is 0.372. The van der Waals surface area contributed by atoms with E-state index in [-0.39, 0.29) is 6.09 Å². The van der Waals surface area contributed by atoms with Crippen LogP contribution in [0.4, 0.5) is 4.79 Å². The fraction of sp³-hybridized carbons (Fsp3) is 0.846. The maximum Gasteiger partial charge on any atom is 0.409 e. The first-order valence-corrected chi connectivity index (χ1v) is 7.09. The summed E-state index contributed by atoms with van der Waals surface area (Å²) in [4.78, 5) is 19.8. The third-order valence-electron chi connectivity index (χ3n) is 3.13. The highest BCUT2D eigenvalue weighted by Crippen LogP contribution is 2.04. The van der Waals surface area contributed by atoms with E-state index in [1.807, 2.05) is 6.92 Å². The molecular weight excluding hydrogens is 260 g/mol. The molecule has 1 aliphatic rings. The molecule has 0 saturated carbocycles. The fourth-order valence-electron chi connectivity index (χ4n) is 2.06. The largest absolute Gasteiger partial charge is 0.450 e. The van der Waals surface area contributed by atoms with E-state index < -0.39 is 0 Å². The average Bonchev–Trinajstić information content (AvgIpc) is 2.48. The number of methoxy groups -OCH3 is 1. The Hall–Kier alpha value is -1.50. The molecule has 0 radical (unpaired) electrons. The van der Waals surface area contributed by atoms with Gasteiger partial charge in [-0.15, -0.1) is 0 Å². The molecule has 0 spiro atoms. The molecule has 0 unspecified atom stereocenters. The summed E-state index contributed by atoms with van der Waals surface area (Å²) in [5.41, 5.74) is 0. The van der Waals surface area contributed by atoms with Gasteiger partial charge in [0.25, 0.3) is 0 Å². The van der Waals surface area contributed by atoms with Crippen molar-refractivity contribution >= 4 is 12.1 Å². The van der Waals surface area contributed by atoms with Crippen LogP contribution in [0, 0.1) is 0 Å². The number of carbonyl (C=O) groups is 1. The Morgan fingerprint density at radius 1 is 1.25 bits per heavy atom. The summed E-state index contributed by atoms with van der Waals surface area (Å²) in [6, 6.07) is 0. The van der Waals surface area contributed by atoms with E-state index in [1.165, 1.54) is 0 Å². The Morgan fingerprint density at radius 2 is 1.90 bits per heavy atom. The van der Waals surface area contributed by atoms with Crippen molar-refractivity contribution in [3.63, 3.8) is 0 Å². The van der Waals surface area contributed by atoms with E-state index in [1.54, 1.807) is 19.1 Å². The van der Waals surface area contributed by atoms with Crippen LogP contribution in [0.2, 0.25) is 0 Å². The monoisotopic (exact) mass is 286 g/mol. The van der Waals surface area contributed by atoms with Crippen LogP contribution in [0.5, 0.6) is 0 Å². The molecule has 1 aliphatic heterocycles. The normalized spacial score (nSPS) is 16.2. The molecule has 0 aromatic heterocycles. The molecule has 116 valence electrons. The maximum absolute atomic E-state index is 11.6. The zero-order chi connectivity index (χ0) is 14.8. The van der Waals surface area contributed by atoms with E-state index in [2.05, 4.69) is 15.2 Å². The second-order valence-corrected chi connectivity index (χ2v) is 4.49. The number of carbonyl (C=O) groups excluding carboxylic acids is 1. The first kappa shape index (κ1) is 16.6. The van der Waals surface area contributed by atoms with E-state index >= 15 is 0 Å². The SMILES string of the molecule is CCOC(=O)N1CCN(C(=NC)NCCCOC)CC1. The van der Waals surface area contributed by atoms with Crippen molar-refractivity contribution in [3.05, 3.63) is 0 Å². The van der Waals surface area contributed by atoms with Crippen LogP contribution in [-0.4, -0.2) is 81.9 Å². The maximum atomic E-state index is 11.6. The van der Waals surface area contributed by atoms with Gasteiger partial charge in [0.2, 0.25) is 0 Å². The smallest absolute Gasteiger partial charge is 0.409 e. The number of guanidine groups is 1. The van der Waals surface area contributed by atoms with E-state index in [9.17, 15) is 4.79 Å². The third-order valence-corrected chi connectivity index (χ3v) is 3.13. The molecule has 0 bridgehead atoms. The quantitative estimate of drug-likeness (QED) is 0.449. The lowest BCUT2D eigenvalue weighted by atomic mass is 10.3. The van der Waals surface area contributed by atoms with Gasteiger partial charge >= 0.3 is 6.09 Å². The highest BCUT2D eigenvalue weighted by molar-refractivity contribution is 5.80. The van der Waals surface area contributed by atoms with Gasteiger partial charge in [-0.25, -0.2) is 4.79 Å². The second kappa shape index (κ2) is 9.41. The summed E-state index contributed by atoms with van der Waals surface area (Å²) >= 11 is 0. The predicted molar refractivity (Wildman–Crippen MR) is 78.0 cm³/mol. The van der Waals surface area contributed by atoms with Gasteiger partial charge in [0, 0.05) is 53.5 Å². The van der Waals surface area contributed by atoms with Crippen LogP contribution in [0.15, 0.2) is 4.99 Å². The van der Waals surface area contributed by atoms with Crippen molar-refractivity contribution in [2.24, 2.45) is 4.99 Å². The lowest BCUT2D eigenvalue weighted by molar-refractivity contribution is 0.0914. The Labute approximate surface area is 120 Å². The first-order valence-electron chi connectivity index (χ1n) is 7.09. The molecule has 0 atom stereocenters. The molecule has 0 aliphatic carbocycles. The number of nitrogens with zero attached hydrogens (tertiary/aromatic N) is 3. The summed E-state index contributed by atoms with van der Waals surface area (Å²) in [6.07, 6.45) is 0.716. The number of hydrogen-bond acceptors (Lipinski definition) is 4. The van der Waals surface area contributed by atoms with Crippen LogP contribution < -0.4 is 5.32 Å². The highest BCUT2D eigenvalue weighted by Gasteiger charge is 2.23. The van der Waals surface area contributed by atoms with Crippen LogP contribution >= 0.6 is 0 Å². The molecule has 1 saturated heterocycles. The Kier molecular flexibility index (Phi) is 7.79. The lowest BCUT2D eigenvalue weighted by Gasteiger charge is -2.35. The second-order valence-electron chi connectivity index (χ2n) is 4.49. The molecule has 0 aromatic rings. The molecule has 1 rings (SSSR count). The van der Waals surface area contributed by atoms with Crippen molar-refractivity contribution < 1.29 is 14.3 Å². The molecule has 1 amide bonds. The molecule has 1 fully saturated rings. The van der Waals surface area contributed by atoms with Crippen LogP contribution in [-0.2, 0) is 9.47 Å². The van der Waals surface area contributed by atoms with Crippen molar-refractivity contribution in [3.8, 4) is 0 Å². The topological polar surface area (TPSA) is 66.4 Å². The fourth-order valence-corrected chi connectivity index (χ4v) is 2.06. The standard InChI is InChI=1S/C13H26N4O3/c1-4-20-13(18)17-9-7-16(8-10-17)12(14-2)15-6-5-11-19-3/h4-11H2,1-3H3,(H,14,15). The molecule has 7 nitrogen and oxygen atoms in total. The van der Waals surface area contributed by atoms with Crippen molar-refractivity contribution in [1.82, 2.24) is 15.1 Å². The highest BCUT2D eigenvalue weighted by atomic mass is 16.6. The molecule has 20 heavy (non-hydrogen) atoms. The zero-order valence-electron chi connectivity index (χ0n) is 12.7. The lowest BCUT2D eigenvalue weighted by Crippen LogP contribution is -2.54. The van der Waals surface area contributed by atoms with Gasteiger partial charge < -0.3 is 24.6 Å². The minimum Gasteiger partial charge on any atom is -0.450 e. The van der Waals surface area contributed by atoms with Crippen LogP contribution in [0.25, 0.3) is 0 Å². The van der Waals surface area contributed by atoms with Gasteiger partial charge in [-0.1, -0.05) is 0 Å². The van der Waals surface area contributed by atoms with E-state index in [0.29, 0.717) is 19.7 Å². The van der Waals surface area contributed by atoms with E-state index in [4.69, 9.17) is 9.47 Å². The van der Waals surface area contributed by atoms with Gasteiger partial charge in [-0.3, -0.25) is 4.99 Å². The molecule has 1 N–H and O–H groups in total. The first-order chi connectivity index (χ1) is 9.72. The number of piperazine rings is 1. The average molecular weight is 286 g/mol. The van der Waals surface area contributed by atoms with Crippen molar-refractivity contribution in [2.45, 2.75) is 13.3 Å². The Balaban J connectivity index is 2.33. The Morgan fingerprint density at radius 3 is 2.45 bits per heavy atom. The molecule has 0 aromatic carbocycles. The number of amides is 1. The summed E-state index contributed by atoms with van der Waals surface area (Å²) in [6.45, 7) is 6.67. The van der Waals surface area contributed by atoms with Gasteiger partial charge in [0.1, 0.15) is 0 Å². The summed E-state index contributed by atoms with van der Waals surface area (Å²) in [5.74, 6) is 0.879. The minimum atomic E-state index is -0.227. The van der Waals surface area contributed by atoms with Crippen LogP contribution in [0.3, 0.4) is 0 Å².